The first-order chi connectivity index (χ1) is 10.4. The Morgan fingerprint density at radius 1 is 1.48 bits per heavy atom. The summed E-state index contributed by atoms with van der Waals surface area (Å²) in [5.41, 5.74) is 0. The molecule has 0 spiro atoms. The molecule has 0 amide bonds. The van der Waals surface area contributed by atoms with Crippen LogP contribution in [0.25, 0.3) is 0 Å². The molecule has 1 atom stereocenters. The van der Waals surface area contributed by atoms with Gasteiger partial charge in [-0.25, -0.2) is 0 Å². The Bertz CT molecular complexity index is 460. The third-order valence-electron chi connectivity index (χ3n) is 4.31. The number of aliphatic imine (C=N–C) groups is 1. The number of thioether (sulfide) groups is 1. The van der Waals surface area contributed by atoms with E-state index in [9.17, 15) is 0 Å². The molecule has 4 nitrogen and oxygen atoms in total. The largest absolute Gasteiger partial charge is 0.467 e. The summed E-state index contributed by atoms with van der Waals surface area (Å²) in [4.78, 5) is 9.78. The summed E-state index contributed by atoms with van der Waals surface area (Å²) in [6, 6.07) is 4.69. The molecular weight excluding hydrogens is 282 g/mol. The summed E-state index contributed by atoms with van der Waals surface area (Å²) in [7, 11) is 0. The van der Waals surface area contributed by atoms with Crippen LogP contribution in [-0.4, -0.2) is 52.9 Å². The molecule has 0 bridgehead atoms. The van der Waals surface area contributed by atoms with E-state index in [1.54, 1.807) is 6.26 Å². The molecule has 0 N–H and O–H groups in total. The molecular formula is C16H25N3OS. The van der Waals surface area contributed by atoms with Crippen molar-refractivity contribution in [3.8, 4) is 0 Å². The first kappa shape index (κ1) is 15.0. The van der Waals surface area contributed by atoms with Gasteiger partial charge in [-0.3, -0.25) is 9.89 Å². The van der Waals surface area contributed by atoms with Crippen LogP contribution in [0, 0.1) is 0 Å². The number of hydrogen-bond donors (Lipinski definition) is 0. The second-order valence-electron chi connectivity index (χ2n) is 5.75. The van der Waals surface area contributed by atoms with Crippen molar-refractivity contribution in [2.45, 2.75) is 38.8 Å². The number of likely N-dealkylation sites (tertiary alicyclic amines) is 1. The van der Waals surface area contributed by atoms with E-state index >= 15 is 0 Å². The maximum absolute atomic E-state index is 5.55. The van der Waals surface area contributed by atoms with Crippen LogP contribution in [0.4, 0.5) is 0 Å². The highest BCUT2D eigenvalue weighted by Crippen LogP contribution is 2.23. The van der Waals surface area contributed by atoms with E-state index in [0.717, 1.165) is 31.9 Å². The molecule has 1 aromatic rings. The van der Waals surface area contributed by atoms with Gasteiger partial charge in [-0.1, -0.05) is 18.7 Å². The molecule has 3 heterocycles. The molecule has 2 aliphatic rings. The van der Waals surface area contributed by atoms with Crippen LogP contribution < -0.4 is 0 Å². The Morgan fingerprint density at radius 2 is 2.43 bits per heavy atom. The van der Waals surface area contributed by atoms with Crippen molar-refractivity contribution >= 4 is 16.9 Å². The van der Waals surface area contributed by atoms with Gasteiger partial charge in [0, 0.05) is 24.9 Å². The highest BCUT2D eigenvalue weighted by atomic mass is 32.2. The zero-order valence-electron chi connectivity index (χ0n) is 12.8. The fourth-order valence-corrected chi connectivity index (χ4v) is 4.17. The molecule has 0 radical (unpaired) electrons. The third kappa shape index (κ3) is 3.83. The van der Waals surface area contributed by atoms with Crippen LogP contribution >= 0.6 is 11.8 Å². The minimum absolute atomic E-state index is 0.662. The topological polar surface area (TPSA) is 32.0 Å². The molecule has 0 aliphatic carbocycles. The van der Waals surface area contributed by atoms with Crippen molar-refractivity contribution in [3.63, 3.8) is 0 Å². The van der Waals surface area contributed by atoms with Crippen molar-refractivity contribution in [1.82, 2.24) is 9.80 Å². The minimum atomic E-state index is 0.662. The lowest BCUT2D eigenvalue weighted by Crippen LogP contribution is -2.42. The van der Waals surface area contributed by atoms with Gasteiger partial charge in [-0.2, -0.15) is 0 Å². The van der Waals surface area contributed by atoms with Gasteiger partial charge >= 0.3 is 0 Å². The van der Waals surface area contributed by atoms with Crippen molar-refractivity contribution in [1.29, 1.82) is 0 Å². The van der Waals surface area contributed by atoms with Crippen LogP contribution in [-0.2, 0) is 6.54 Å². The first-order valence-electron chi connectivity index (χ1n) is 8.05. The number of hydrogen-bond acceptors (Lipinski definition) is 5. The Hall–Kier alpha value is -0.940. The zero-order valence-corrected chi connectivity index (χ0v) is 13.6. The predicted octanol–water partition coefficient (Wildman–Crippen LogP) is 3.06. The maximum atomic E-state index is 5.55. The molecule has 1 saturated heterocycles. The predicted molar refractivity (Wildman–Crippen MR) is 88.8 cm³/mol. The summed E-state index contributed by atoms with van der Waals surface area (Å²) < 4.78 is 5.55. The van der Waals surface area contributed by atoms with Crippen LogP contribution in [0.3, 0.4) is 0 Å². The van der Waals surface area contributed by atoms with Crippen LogP contribution in [0.1, 0.15) is 31.9 Å². The van der Waals surface area contributed by atoms with E-state index in [0.29, 0.717) is 6.04 Å². The van der Waals surface area contributed by atoms with Gasteiger partial charge in [-0.05, 0) is 44.5 Å². The van der Waals surface area contributed by atoms with E-state index in [2.05, 4.69) is 22.8 Å². The van der Waals surface area contributed by atoms with E-state index in [-0.39, 0.29) is 0 Å². The molecule has 3 rings (SSSR count). The molecule has 21 heavy (non-hydrogen) atoms. The lowest BCUT2D eigenvalue weighted by atomic mass is 10.2. The van der Waals surface area contributed by atoms with E-state index in [4.69, 9.17) is 9.41 Å². The highest BCUT2D eigenvalue weighted by molar-refractivity contribution is 8.13. The Morgan fingerprint density at radius 3 is 3.14 bits per heavy atom. The normalized spacial score (nSPS) is 23.3. The van der Waals surface area contributed by atoms with Crippen LogP contribution in [0.15, 0.2) is 27.8 Å². The molecule has 1 aromatic heterocycles. The summed E-state index contributed by atoms with van der Waals surface area (Å²) >= 11 is 1.90. The quantitative estimate of drug-likeness (QED) is 0.837. The van der Waals surface area contributed by atoms with E-state index in [1.807, 2.05) is 17.8 Å². The second-order valence-corrected chi connectivity index (χ2v) is 6.81. The Kier molecular flexibility index (Phi) is 5.25. The molecule has 116 valence electrons. The first-order valence-corrected chi connectivity index (χ1v) is 9.04. The van der Waals surface area contributed by atoms with Crippen molar-refractivity contribution in [3.05, 3.63) is 24.2 Å². The number of amidine groups is 1. The molecule has 2 aliphatic heterocycles. The number of furan rings is 1. The van der Waals surface area contributed by atoms with Crippen LogP contribution in [0.5, 0.6) is 0 Å². The summed E-state index contributed by atoms with van der Waals surface area (Å²) in [6.45, 7) is 7.54. The zero-order chi connectivity index (χ0) is 14.5. The molecule has 5 heteroatoms. The van der Waals surface area contributed by atoms with Gasteiger partial charge < -0.3 is 9.32 Å². The smallest absolute Gasteiger partial charge is 0.159 e. The van der Waals surface area contributed by atoms with Crippen LogP contribution in [0.2, 0.25) is 0 Å². The van der Waals surface area contributed by atoms with Crippen molar-refractivity contribution < 1.29 is 4.42 Å². The SMILES string of the molecule is CCN1CCCC1CN(Cc1ccco1)C1=NCCCS1. The second kappa shape index (κ2) is 7.36. The lowest BCUT2D eigenvalue weighted by molar-refractivity contribution is 0.216. The van der Waals surface area contributed by atoms with Gasteiger partial charge in [0.2, 0.25) is 0 Å². The van der Waals surface area contributed by atoms with Gasteiger partial charge in [0.05, 0.1) is 12.8 Å². The fraction of sp³-hybridized carbons (Fsp3) is 0.688. The average molecular weight is 307 g/mol. The lowest BCUT2D eigenvalue weighted by Gasteiger charge is -2.32. The average Bonchev–Trinajstić information content (AvgIpc) is 3.19. The highest BCUT2D eigenvalue weighted by Gasteiger charge is 2.27. The summed E-state index contributed by atoms with van der Waals surface area (Å²) in [5, 5.41) is 1.21. The van der Waals surface area contributed by atoms with Crippen molar-refractivity contribution in [2.24, 2.45) is 4.99 Å². The van der Waals surface area contributed by atoms with Gasteiger partial charge in [0.15, 0.2) is 5.17 Å². The Balaban J connectivity index is 1.70. The standard InChI is InChI=1S/C16H25N3OS/c1-2-18-9-3-6-14(18)12-19(13-15-7-4-10-20-15)16-17-8-5-11-21-16/h4,7,10,14H,2-3,5-6,8-9,11-13H2,1H3. The minimum Gasteiger partial charge on any atom is -0.467 e. The monoisotopic (exact) mass is 307 g/mol. The van der Waals surface area contributed by atoms with E-state index < -0.39 is 0 Å². The van der Waals surface area contributed by atoms with E-state index in [1.165, 1.54) is 36.7 Å². The number of nitrogens with zero attached hydrogens (tertiary/aromatic N) is 3. The summed E-state index contributed by atoms with van der Waals surface area (Å²) in [6.07, 6.45) is 5.59. The van der Waals surface area contributed by atoms with Gasteiger partial charge in [0.25, 0.3) is 0 Å². The molecule has 1 unspecified atom stereocenters. The van der Waals surface area contributed by atoms with Gasteiger partial charge in [0.1, 0.15) is 5.76 Å². The van der Waals surface area contributed by atoms with Gasteiger partial charge in [-0.15, -0.1) is 0 Å². The van der Waals surface area contributed by atoms with Crippen molar-refractivity contribution in [2.75, 3.05) is 31.9 Å². The molecule has 0 aromatic carbocycles. The number of rotatable bonds is 5. The Labute approximate surface area is 131 Å². The molecule has 0 saturated carbocycles. The summed E-state index contributed by atoms with van der Waals surface area (Å²) in [5.74, 6) is 2.22. The maximum Gasteiger partial charge on any atom is 0.159 e. The third-order valence-corrected chi connectivity index (χ3v) is 5.45. The fourth-order valence-electron chi connectivity index (χ4n) is 3.21. The number of likely N-dealkylation sites (N-methyl/N-ethyl adjacent to an activating group) is 1. The molecule has 1 fully saturated rings.